The molecule has 7 heteroatoms. The van der Waals surface area contributed by atoms with Crippen molar-refractivity contribution in [3.05, 3.63) is 24.3 Å². The van der Waals surface area contributed by atoms with Gasteiger partial charge in [-0.15, -0.1) is 5.10 Å². The molecule has 0 bridgehead atoms. The van der Waals surface area contributed by atoms with Gasteiger partial charge in [-0.1, -0.05) is 17.3 Å². The van der Waals surface area contributed by atoms with Crippen molar-refractivity contribution in [3.8, 4) is 0 Å². The first-order chi connectivity index (χ1) is 12.1. The summed E-state index contributed by atoms with van der Waals surface area (Å²) >= 11 is 0. The number of nitrogens with zero attached hydrogens (tertiary/aromatic N) is 5. The number of aryl methyl sites for hydroxylation is 1. The molecule has 1 amide bonds. The summed E-state index contributed by atoms with van der Waals surface area (Å²) in [5.41, 5.74) is 1.04. The maximum atomic E-state index is 12.5. The largest absolute Gasteiger partial charge is 0.387 e. The summed E-state index contributed by atoms with van der Waals surface area (Å²) in [6, 6.07) is 7.75. The van der Waals surface area contributed by atoms with E-state index in [1.165, 1.54) is 12.8 Å². The summed E-state index contributed by atoms with van der Waals surface area (Å²) in [5, 5.41) is 19.0. The molecule has 134 valence electrons. The minimum Gasteiger partial charge on any atom is -0.387 e. The number of β-amino-alcohol motifs (C(OH)–C–C–N with tert-alkyl or cyclic N) is 1. The fraction of sp³-hybridized carbons (Fsp3) is 0.611. The van der Waals surface area contributed by atoms with Gasteiger partial charge in [-0.2, -0.15) is 0 Å². The Morgan fingerprint density at radius 1 is 1.20 bits per heavy atom. The highest BCUT2D eigenvalue weighted by Gasteiger charge is 2.39. The van der Waals surface area contributed by atoms with E-state index in [2.05, 4.69) is 15.2 Å². The third-order valence-corrected chi connectivity index (χ3v) is 5.36. The number of amides is 1. The molecule has 2 saturated heterocycles. The Morgan fingerprint density at radius 3 is 2.84 bits per heavy atom. The zero-order valence-electron chi connectivity index (χ0n) is 14.5. The zero-order valence-corrected chi connectivity index (χ0v) is 14.5. The van der Waals surface area contributed by atoms with Crippen LogP contribution < -0.4 is 0 Å². The minimum atomic E-state index is -0.750. The van der Waals surface area contributed by atoms with Crippen molar-refractivity contribution in [2.24, 2.45) is 0 Å². The van der Waals surface area contributed by atoms with Gasteiger partial charge in [-0.25, -0.2) is 4.68 Å². The lowest BCUT2D eigenvalue weighted by Gasteiger charge is -2.28. The molecule has 2 aliphatic heterocycles. The molecule has 3 heterocycles. The topological polar surface area (TPSA) is 74.5 Å². The van der Waals surface area contributed by atoms with Gasteiger partial charge >= 0.3 is 0 Å². The molecule has 1 N–H and O–H groups in total. The summed E-state index contributed by atoms with van der Waals surface area (Å²) < 4.78 is 1.78. The molecule has 2 aromatic rings. The number of hydrogen-bond donors (Lipinski definition) is 1. The van der Waals surface area contributed by atoms with Crippen LogP contribution in [0.2, 0.25) is 0 Å². The van der Waals surface area contributed by atoms with Gasteiger partial charge in [-0.3, -0.25) is 4.79 Å². The van der Waals surface area contributed by atoms with Crippen molar-refractivity contribution < 1.29 is 9.90 Å². The molecule has 0 radical (unpaired) electrons. The first-order valence-electron chi connectivity index (χ1n) is 9.14. The molecular weight excluding hydrogens is 318 g/mol. The van der Waals surface area contributed by atoms with Crippen LogP contribution in [0.1, 0.15) is 25.7 Å². The number of fused-ring (bicyclic) bond motifs is 1. The van der Waals surface area contributed by atoms with Crippen LogP contribution >= 0.6 is 0 Å². The number of benzene rings is 1. The highest BCUT2D eigenvalue weighted by Crippen LogP contribution is 2.25. The lowest BCUT2D eigenvalue weighted by atomic mass is 10.0. The summed E-state index contributed by atoms with van der Waals surface area (Å²) in [7, 11) is 0. The zero-order chi connectivity index (χ0) is 17.3. The molecule has 7 nitrogen and oxygen atoms in total. The Hall–Kier alpha value is -1.99. The van der Waals surface area contributed by atoms with Crippen LogP contribution in [0.15, 0.2) is 24.3 Å². The molecule has 0 saturated carbocycles. The predicted molar refractivity (Wildman–Crippen MR) is 94.0 cm³/mol. The Labute approximate surface area is 147 Å². The smallest absolute Gasteiger partial charge is 0.224 e. The van der Waals surface area contributed by atoms with Gasteiger partial charge in [0.15, 0.2) is 0 Å². The first-order valence-corrected chi connectivity index (χ1v) is 9.14. The molecule has 0 spiro atoms. The van der Waals surface area contributed by atoms with Crippen LogP contribution in [0, 0.1) is 0 Å². The Balaban J connectivity index is 1.32. The van der Waals surface area contributed by atoms with Crippen molar-refractivity contribution >= 4 is 16.9 Å². The SMILES string of the molecule is O=C(CCn1nnc2ccccc21)N1CC[C@@](O)(CN2CCCC2)C1. The third-order valence-electron chi connectivity index (χ3n) is 5.36. The minimum absolute atomic E-state index is 0.0805. The number of para-hydroxylation sites is 1. The summed E-state index contributed by atoms with van der Waals surface area (Å²) in [6.45, 7) is 4.41. The molecule has 0 unspecified atom stereocenters. The lowest BCUT2D eigenvalue weighted by molar-refractivity contribution is -0.131. The van der Waals surface area contributed by atoms with Gasteiger partial charge in [-0.05, 0) is 44.5 Å². The summed E-state index contributed by atoms with van der Waals surface area (Å²) in [6.07, 6.45) is 3.48. The fourth-order valence-corrected chi connectivity index (χ4v) is 4.00. The maximum absolute atomic E-state index is 12.5. The average molecular weight is 343 g/mol. The Morgan fingerprint density at radius 2 is 2.00 bits per heavy atom. The molecule has 1 aromatic heterocycles. The van der Waals surface area contributed by atoms with Gasteiger partial charge < -0.3 is 14.9 Å². The monoisotopic (exact) mass is 343 g/mol. The Kier molecular flexibility index (Phi) is 4.43. The quantitative estimate of drug-likeness (QED) is 0.872. The molecular formula is C18H25N5O2. The molecule has 4 rings (SSSR count). The molecule has 25 heavy (non-hydrogen) atoms. The van der Waals surface area contributed by atoms with E-state index in [4.69, 9.17) is 0 Å². The predicted octanol–water partition coefficient (Wildman–Crippen LogP) is 0.881. The van der Waals surface area contributed by atoms with E-state index in [1.807, 2.05) is 24.3 Å². The van der Waals surface area contributed by atoms with Crippen LogP contribution in [0.4, 0.5) is 0 Å². The van der Waals surface area contributed by atoms with Crippen molar-refractivity contribution in [2.45, 2.75) is 37.8 Å². The van der Waals surface area contributed by atoms with E-state index in [-0.39, 0.29) is 5.91 Å². The average Bonchev–Trinajstić information content (AvgIpc) is 3.33. The number of aliphatic hydroxyl groups is 1. The number of carbonyl (C=O) groups excluding carboxylic acids is 1. The van der Waals surface area contributed by atoms with Gasteiger partial charge in [0.1, 0.15) is 5.52 Å². The van der Waals surface area contributed by atoms with E-state index in [0.717, 1.165) is 24.1 Å². The second-order valence-electron chi connectivity index (χ2n) is 7.32. The fourth-order valence-electron chi connectivity index (χ4n) is 4.00. The van der Waals surface area contributed by atoms with Gasteiger partial charge in [0.25, 0.3) is 0 Å². The van der Waals surface area contributed by atoms with Crippen molar-refractivity contribution in [1.82, 2.24) is 24.8 Å². The molecule has 1 aromatic carbocycles. The van der Waals surface area contributed by atoms with Crippen LogP contribution in [0.5, 0.6) is 0 Å². The lowest BCUT2D eigenvalue weighted by Crippen LogP contribution is -2.45. The van der Waals surface area contributed by atoms with E-state index >= 15 is 0 Å². The second-order valence-corrected chi connectivity index (χ2v) is 7.32. The number of hydrogen-bond acceptors (Lipinski definition) is 5. The van der Waals surface area contributed by atoms with E-state index in [1.54, 1.807) is 9.58 Å². The normalized spacial score (nSPS) is 24.4. The van der Waals surface area contributed by atoms with Gasteiger partial charge in [0, 0.05) is 19.5 Å². The summed E-state index contributed by atoms with van der Waals surface area (Å²) in [5.74, 6) is 0.0805. The highest BCUT2D eigenvalue weighted by molar-refractivity contribution is 5.77. The first kappa shape index (κ1) is 16.5. The van der Waals surface area contributed by atoms with Gasteiger partial charge in [0.05, 0.1) is 24.2 Å². The van der Waals surface area contributed by atoms with E-state index in [9.17, 15) is 9.90 Å². The molecule has 2 fully saturated rings. The highest BCUT2D eigenvalue weighted by atomic mass is 16.3. The second kappa shape index (κ2) is 6.72. The van der Waals surface area contributed by atoms with Crippen molar-refractivity contribution in [3.63, 3.8) is 0 Å². The number of likely N-dealkylation sites (tertiary alicyclic amines) is 2. The maximum Gasteiger partial charge on any atom is 0.224 e. The van der Waals surface area contributed by atoms with E-state index < -0.39 is 5.60 Å². The van der Waals surface area contributed by atoms with Crippen molar-refractivity contribution in [1.29, 1.82) is 0 Å². The molecule has 2 aliphatic rings. The van der Waals surface area contributed by atoms with Gasteiger partial charge in [0.2, 0.25) is 5.91 Å². The van der Waals surface area contributed by atoms with Crippen LogP contribution in [-0.2, 0) is 11.3 Å². The Bertz CT molecular complexity index is 755. The van der Waals surface area contributed by atoms with Crippen LogP contribution in [-0.4, -0.2) is 74.1 Å². The molecule has 0 aliphatic carbocycles. The molecule has 1 atom stereocenters. The standard InChI is InChI=1S/C18H25N5O2/c24-17(7-11-23-16-6-2-1-5-15(16)19-20-23)22-12-8-18(25,14-22)13-21-9-3-4-10-21/h1-2,5-6,25H,3-4,7-14H2/t18-/m1/s1. The number of aromatic nitrogens is 3. The number of carbonyl (C=O) groups is 1. The van der Waals surface area contributed by atoms with Crippen LogP contribution in [0.25, 0.3) is 11.0 Å². The third kappa shape index (κ3) is 3.52. The summed E-state index contributed by atoms with van der Waals surface area (Å²) in [4.78, 5) is 16.7. The van der Waals surface area contributed by atoms with Crippen molar-refractivity contribution in [2.75, 3.05) is 32.7 Å². The van der Waals surface area contributed by atoms with Crippen LogP contribution in [0.3, 0.4) is 0 Å². The van der Waals surface area contributed by atoms with E-state index in [0.29, 0.717) is 39.0 Å². The number of rotatable bonds is 5.